The van der Waals surface area contributed by atoms with Gasteiger partial charge in [0.1, 0.15) is 0 Å². The predicted molar refractivity (Wildman–Crippen MR) is 51.5 cm³/mol. The quantitative estimate of drug-likeness (QED) is 0.526. The zero-order chi connectivity index (χ0) is 10.4. The normalized spacial score (nSPS) is 18.7. The molecule has 0 aromatic rings. The van der Waals surface area contributed by atoms with Gasteiger partial charge in [-0.1, -0.05) is 0 Å². The highest BCUT2D eigenvalue weighted by atomic mass is 16.3. The third-order valence-electron chi connectivity index (χ3n) is 1.57. The van der Waals surface area contributed by atoms with Gasteiger partial charge in [0.2, 0.25) is 0 Å². The van der Waals surface area contributed by atoms with E-state index in [1.165, 1.54) is 0 Å². The highest BCUT2D eigenvalue weighted by Crippen LogP contribution is 1.97. The Hall–Kier alpha value is -0.160. The molecule has 0 aliphatic carbocycles. The summed E-state index contributed by atoms with van der Waals surface area (Å²) in [5, 5.41) is 27.4. The van der Waals surface area contributed by atoms with Crippen molar-refractivity contribution < 1.29 is 15.3 Å². The average Bonchev–Trinajstić information content (AvgIpc) is 1.80. The van der Waals surface area contributed by atoms with E-state index in [-0.39, 0.29) is 0 Å². The van der Waals surface area contributed by atoms with Gasteiger partial charge >= 0.3 is 0 Å². The summed E-state index contributed by atoms with van der Waals surface area (Å²) in [7, 11) is 0. The zero-order valence-corrected chi connectivity index (χ0v) is 8.64. The maximum absolute atomic E-state index is 9.14. The van der Waals surface area contributed by atoms with Gasteiger partial charge in [0.15, 0.2) is 0 Å². The molecule has 0 rings (SSSR count). The van der Waals surface area contributed by atoms with E-state index in [4.69, 9.17) is 15.3 Å². The number of aliphatic hydroxyl groups excluding tert-OH is 3. The van der Waals surface area contributed by atoms with Crippen LogP contribution in [0, 0.1) is 0 Å². The number of hydrogen-bond acceptors (Lipinski definition) is 4. The molecular formula is C9H21NO3. The van der Waals surface area contributed by atoms with Gasteiger partial charge in [-0.3, -0.25) is 4.90 Å². The van der Waals surface area contributed by atoms with Crippen molar-refractivity contribution in [1.29, 1.82) is 0 Å². The maximum atomic E-state index is 9.14. The fraction of sp³-hybridized carbons (Fsp3) is 1.00. The van der Waals surface area contributed by atoms with Gasteiger partial charge in [0.25, 0.3) is 0 Å². The molecule has 0 radical (unpaired) electrons. The fourth-order valence-electron chi connectivity index (χ4n) is 1.34. The predicted octanol–water partition coefficient (Wildman–Crippen LogP) is -0.569. The third-order valence-corrected chi connectivity index (χ3v) is 1.57. The molecule has 0 aromatic carbocycles. The first-order valence-electron chi connectivity index (χ1n) is 4.68. The average molecular weight is 191 g/mol. The number of aliphatic hydroxyl groups is 3. The maximum Gasteiger partial charge on any atom is 0.0639 e. The van der Waals surface area contributed by atoms with Gasteiger partial charge in [0, 0.05) is 19.6 Å². The van der Waals surface area contributed by atoms with Gasteiger partial charge in [-0.15, -0.1) is 0 Å². The summed E-state index contributed by atoms with van der Waals surface area (Å²) in [5.74, 6) is 0. The Kier molecular flexibility index (Phi) is 6.24. The van der Waals surface area contributed by atoms with Crippen LogP contribution in [-0.4, -0.2) is 58.2 Å². The molecule has 4 nitrogen and oxygen atoms in total. The number of nitrogens with zero attached hydrogens (tertiary/aromatic N) is 1. The van der Waals surface area contributed by atoms with Crippen molar-refractivity contribution in [3.63, 3.8) is 0 Å². The Morgan fingerprint density at radius 1 is 0.769 bits per heavy atom. The molecule has 80 valence electrons. The van der Waals surface area contributed by atoms with Crippen LogP contribution in [0.25, 0.3) is 0 Å². The van der Waals surface area contributed by atoms with Crippen molar-refractivity contribution in [2.24, 2.45) is 0 Å². The molecule has 0 amide bonds. The van der Waals surface area contributed by atoms with Crippen molar-refractivity contribution in [2.75, 3.05) is 19.6 Å². The Morgan fingerprint density at radius 2 is 1.00 bits per heavy atom. The van der Waals surface area contributed by atoms with Crippen LogP contribution < -0.4 is 0 Å². The Labute approximate surface area is 79.8 Å². The SMILES string of the molecule is C[C@H](O)CN(C[C@H](C)O)C[C@H](C)O. The standard InChI is InChI=1S/C9H21NO3/c1-7(11)4-10(5-8(2)12)6-9(3)13/h7-9,11-13H,4-6H2,1-3H3/t7-,8-,9-/m0/s1. The van der Waals surface area contributed by atoms with Gasteiger partial charge in [-0.25, -0.2) is 0 Å². The summed E-state index contributed by atoms with van der Waals surface area (Å²) in [5.41, 5.74) is 0. The van der Waals surface area contributed by atoms with Crippen LogP contribution in [0.1, 0.15) is 20.8 Å². The van der Waals surface area contributed by atoms with E-state index >= 15 is 0 Å². The molecule has 3 atom stereocenters. The second-order valence-electron chi connectivity index (χ2n) is 3.77. The van der Waals surface area contributed by atoms with E-state index in [9.17, 15) is 0 Å². The van der Waals surface area contributed by atoms with Crippen LogP contribution in [0.5, 0.6) is 0 Å². The lowest BCUT2D eigenvalue weighted by Gasteiger charge is -2.25. The molecule has 0 aliphatic rings. The molecule has 0 saturated heterocycles. The first kappa shape index (κ1) is 12.8. The molecule has 0 spiro atoms. The molecule has 0 heterocycles. The first-order valence-corrected chi connectivity index (χ1v) is 4.68. The molecular weight excluding hydrogens is 170 g/mol. The lowest BCUT2D eigenvalue weighted by Crippen LogP contribution is -2.40. The lowest BCUT2D eigenvalue weighted by molar-refractivity contribution is 0.0530. The highest BCUT2D eigenvalue weighted by molar-refractivity contribution is 4.66. The number of hydrogen-bond donors (Lipinski definition) is 3. The summed E-state index contributed by atoms with van der Waals surface area (Å²) < 4.78 is 0. The van der Waals surface area contributed by atoms with Gasteiger partial charge in [-0.05, 0) is 20.8 Å². The Bertz CT molecular complexity index is 102. The summed E-state index contributed by atoms with van der Waals surface area (Å²) in [4.78, 5) is 1.85. The van der Waals surface area contributed by atoms with Gasteiger partial charge < -0.3 is 15.3 Å². The van der Waals surface area contributed by atoms with Crippen LogP contribution in [-0.2, 0) is 0 Å². The van der Waals surface area contributed by atoms with Crippen molar-refractivity contribution in [1.82, 2.24) is 4.90 Å². The van der Waals surface area contributed by atoms with E-state index in [0.29, 0.717) is 19.6 Å². The van der Waals surface area contributed by atoms with Gasteiger partial charge in [-0.2, -0.15) is 0 Å². The third kappa shape index (κ3) is 8.18. The minimum atomic E-state index is -0.433. The van der Waals surface area contributed by atoms with Crippen LogP contribution in [0.4, 0.5) is 0 Å². The molecule has 0 saturated carbocycles. The minimum absolute atomic E-state index is 0.433. The lowest BCUT2D eigenvalue weighted by atomic mass is 10.2. The summed E-state index contributed by atoms with van der Waals surface area (Å²) in [6, 6.07) is 0. The minimum Gasteiger partial charge on any atom is -0.392 e. The smallest absolute Gasteiger partial charge is 0.0639 e. The molecule has 0 bridgehead atoms. The second-order valence-corrected chi connectivity index (χ2v) is 3.77. The van der Waals surface area contributed by atoms with E-state index in [2.05, 4.69) is 0 Å². The summed E-state index contributed by atoms with van der Waals surface area (Å²) in [6.07, 6.45) is -1.30. The van der Waals surface area contributed by atoms with E-state index < -0.39 is 18.3 Å². The molecule has 4 heteroatoms. The second kappa shape index (κ2) is 6.32. The van der Waals surface area contributed by atoms with E-state index in [1.807, 2.05) is 4.90 Å². The topological polar surface area (TPSA) is 63.9 Å². The molecule has 3 N–H and O–H groups in total. The summed E-state index contributed by atoms with van der Waals surface area (Å²) >= 11 is 0. The van der Waals surface area contributed by atoms with Crippen molar-refractivity contribution >= 4 is 0 Å². The van der Waals surface area contributed by atoms with Crippen molar-refractivity contribution in [3.8, 4) is 0 Å². The van der Waals surface area contributed by atoms with Crippen molar-refractivity contribution in [2.45, 2.75) is 39.1 Å². The molecule has 13 heavy (non-hydrogen) atoms. The zero-order valence-electron chi connectivity index (χ0n) is 8.64. The number of rotatable bonds is 6. The Morgan fingerprint density at radius 3 is 1.15 bits per heavy atom. The van der Waals surface area contributed by atoms with Crippen LogP contribution in [0.3, 0.4) is 0 Å². The monoisotopic (exact) mass is 191 g/mol. The van der Waals surface area contributed by atoms with Gasteiger partial charge in [0.05, 0.1) is 18.3 Å². The van der Waals surface area contributed by atoms with Crippen LogP contribution in [0.15, 0.2) is 0 Å². The van der Waals surface area contributed by atoms with Crippen LogP contribution >= 0.6 is 0 Å². The highest BCUT2D eigenvalue weighted by Gasteiger charge is 2.12. The Balaban J connectivity index is 3.87. The fourth-order valence-corrected chi connectivity index (χ4v) is 1.34. The van der Waals surface area contributed by atoms with Crippen molar-refractivity contribution in [3.05, 3.63) is 0 Å². The molecule has 0 fully saturated rings. The largest absolute Gasteiger partial charge is 0.392 e. The van der Waals surface area contributed by atoms with E-state index in [0.717, 1.165) is 0 Å². The molecule has 0 aromatic heterocycles. The molecule has 0 unspecified atom stereocenters. The first-order chi connectivity index (χ1) is 5.91. The van der Waals surface area contributed by atoms with Crippen LogP contribution in [0.2, 0.25) is 0 Å². The molecule has 0 aliphatic heterocycles. The van der Waals surface area contributed by atoms with E-state index in [1.54, 1.807) is 20.8 Å². The summed E-state index contributed by atoms with van der Waals surface area (Å²) in [6.45, 7) is 6.52.